The lowest BCUT2D eigenvalue weighted by atomic mass is 10.2. The molecule has 1 amide bonds. The summed E-state index contributed by atoms with van der Waals surface area (Å²) >= 11 is 1.23. The third-order valence-corrected chi connectivity index (χ3v) is 10.0. The molecule has 3 aromatic rings. The molecule has 4 rings (SSSR count). The van der Waals surface area contributed by atoms with Crippen LogP contribution in [0.5, 0.6) is 0 Å². The number of sulfone groups is 2. The fourth-order valence-electron chi connectivity index (χ4n) is 3.69. The van der Waals surface area contributed by atoms with E-state index in [9.17, 15) is 21.6 Å². The molecule has 1 saturated heterocycles. The van der Waals surface area contributed by atoms with Gasteiger partial charge in [0.25, 0.3) is 5.91 Å². The lowest BCUT2D eigenvalue weighted by molar-refractivity contribution is 0.0917. The molecule has 0 saturated carbocycles. The SMILES string of the molecule is CC(C)S(=O)(=O)c1ccc(C(=O)N(CC2CCCO2)c2nc3ccc(S(C)(=O)=O)cc3s2)cc1. The largest absolute Gasteiger partial charge is 0.376 e. The number of carbonyl (C=O) groups excluding carboxylic acids is 1. The van der Waals surface area contributed by atoms with Gasteiger partial charge >= 0.3 is 0 Å². The molecule has 0 bridgehead atoms. The van der Waals surface area contributed by atoms with E-state index in [4.69, 9.17) is 4.74 Å². The van der Waals surface area contributed by atoms with Gasteiger partial charge in [-0.05, 0) is 69.2 Å². The Balaban J connectivity index is 1.71. The monoisotopic (exact) mass is 522 g/mol. The summed E-state index contributed by atoms with van der Waals surface area (Å²) in [5.41, 5.74) is 0.924. The highest BCUT2D eigenvalue weighted by Crippen LogP contribution is 2.32. The smallest absolute Gasteiger partial charge is 0.260 e. The number of aromatic nitrogens is 1. The summed E-state index contributed by atoms with van der Waals surface area (Å²) in [6, 6.07) is 10.6. The number of carbonyl (C=O) groups is 1. The van der Waals surface area contributed by atoms with E-state index in [-0.39, 0.29) is 21.8 Å². The highest BCUT2D eigenvalue weighted by Gasteiger charge is 2.28. The van der Waals surface area contributed by atoms with Crippen LogP contribution in [0.4, 0.5) is 5.13 Å². The second-order valence-corrected chi connectivity index (χ2v) is 14.1. The number of rotatable bonds is 7. The number of benzene rings is 2. The predicted octanol–water partition coefficient (Wildman–Crippen LogP) is 3.71. The summed E-state index contributed by atoms with van der Waals surface area (Å²) in [5.74, 6) is -0.327. The van der Waals surface area contributed by atoms with Crippen LogP contribution in [0.1, 0.15) is 37.0 Å². The molecule has 11 heteroatoms. The number of fused-ring (bicyclic) bond motifs is 1. The summed E-state index contributed by atoms with van der Waals surface area (Å²) in [6.07, 6.45) is 2.74. The summed E-state index contributed by atoms with van der Waals surface area (Å²) < 4.78 is 55.1. The predicted molar refractivity (Wildman–Crippen MR) is 132 cm³/mol. The molecule has 1 atom stereocenters. The molecule has 182 valence electrons. The Morgan fingerprint density at radius 3 is 2.38 bits per heavy atom. The minimum atomic E-state index is -3.45. The number of thiazole rings is 1. The maximum atomic E-state index is 13.5. The average Bonchev–Trinajstić information content (AvgIpc) is 3.45. The molecule has 2 heterocycles. The van der Waals surface area contributed by atoms with Crippen LogP contribution in [0.3, 0.4) is 0 Å². The molecule has 1 aliphatic heterocycles. The minimum absolute atomic E-state index is 0.136. The van der Waals surface area contributed by atoms with Gasteiger partial charge in [-0.1, -0.05) is 11.3 Å². The Labute approximate surface area is 203 Å². The van der Waals surface area contributed by atoms with Gasteiger partial charge in [-0.2, -0.15) is 0 Å². The molecule has 2 aromatic carbocycles. The van der Waals surface area contributed by atoms with Gasteiger partial charge in [0, 0.05) is 18.4 Å². The summed E-state index contributed by atoms with van der Waals surface area (Å²) in [5, 5.41) is -0.135. The lowest BCUT2D eigenvalue weighted by Gasteiger charge is -2.23. The zero-order chi connectivity index (χ0) is 24.7. The summed E-state index contributed by atoms with van der Waals surface area (Å²) in [6.45, 7) is 4.15. The number of amides is 1. The van der Waals surface area contributed by atoms with Gasteiger partial charge in [0.05, 0.1) is 37.9 Å². The Morgan fingerprint density at radius 1 is 1.12 bits per heavy atom. The molecule has 1 unspecified atom stereocenters. The quantitative estimate of drug-likeness (QED) is 0.465. The fraction of sp³-hybridized carbons (Fsp3) is 0.391. The zero-order valence-corrected chi connectivity index (χ0v) is 21.5. The Hall–Kier alpha value is -2.34. The standard InChI is InChI=1S/C23H26N2O6S3/c1-15(2)34(29,30)18-8-6-16(7-9-18)22(26)25(14-17-5-4-12-31-17)23-24-20-11-10-19(33(3,27)28)13-21(20)32-23/h6-11,13,15,17H,4-5,12,14H2,1-3H3. The maximum Gasteiger partial charge on any atom is 0.260 e. The van der Waals surface area contributed by atoms with Crippen molar-refractivity contribution in [3.63, 3.8) is 0 Å². The van der Waals surface area contributed by atoms with Crippen LogP contribution >= 0.6 is 11.3 Å². The van der Waals surface area contributed by atoms with E-state index < -0.39 is 24.9 Å². The van der Waals surface area contributed by atoms with Gasteiger partial charge in [0.2, 0.25) is 0 Å². The van der Waals surface area contributed by atoms with Gasteiger partial charge < -0.3 is 4.74 Å². The molecule has 1 aliphatic rings. The van der Waals surface area contributed by atoms with Crippen LogP contribution in [-0.2, 0) is 24.4 Å². The van der Waals surface area contributed by atoms with E-state index in [1.165, 1.54) is 46.6 Å². The van der Waals surface area contributed by atoms with Crippen molar-refractivity contribution in [3.8, 4) is 0 Å². The van der Waals surface area contributed by atoms with Crippen molar-refractivity contribution in [2.45, 2.75) is 47.8 Å². The van der Waals surface area contributed by atoms with Gasteiger partial charge in [0.1, 0.15) is 0 Å². The maximum absolute atomic E-state index is 13.5. The van der Waals surface area contributed by atoms with Crippen molar-refractivity contribution in [2.75, 3.05) is 24.3 Å². The molecule has 0 spiro atoms. The molecule has 0 N–H and O–H groups in total. The second kappa shape index (κ2) is 9.37. The van der Waals surface area contributed by atoms with E-state index >= 15 is 0 Å². The van der Waals surface area contributed by atoms with Gasteiger partial charge in [-0.15, -0.1) is 0 Å². The molecule has 1 fully saturated rings. The van der Waals surface area contributed by atoms with E-state index in [1.54, 1.807) is 26.0 Å². The van der Waals surface area contributed by atoms with E-state index in [2.05, 4.69) is 4.98 Å². The molecule has 1 aromatic heterocycles. The summed E-state index contributed by atoms with van der Waals surface area (Å²) in [4.78, 5) is 20.0. The number of anilines is 1. The average molecular weight is 523 g/mol. The third-order valence-electron chi connectivity index (χ3n) is 5.71. The van der Waals surface area contributed by atoms with Crippen LogP contribution in [0, 0.1) is 0 Å². The first kappa shape index (κ1) is 24.8. The normalized spacial score (nSPS) is 16.9. The van der Waals surface area contributed by atoms with Crippen molar-refractivity contribution < 1.29 is 26.4 Å². The molecular formula is C23H26N2O6S3. The first-order valence-corrected chi connectivity index (χ1v) is 15.1. The number of ether oxygens (including phenoxy) is 1. The summed E-state index contributed by atoms with van der Waals surface area (Å²) in [7, 11) is -6.82. The molecule has 0 radical (unpaired) electrons. The highest BCUT2D eigenvalue weighted by atomic mass is 32.2. The van der Waals surface area contributed by atoms with Gasteiger partial charge in [-0.25, -0.2) is 21.8 Å². The second-order valence-electron chi connectivity index (χ2n) is 8.57. The zero-order valence-electron chi connectivity index (χ0n) is 19.1. The Bertz CT molecular complexity index is 1420. The molecule has 8 nitrogen and oxygen atoms in total. The Morgan fingerprint density at radius 2 is 1.79 bits per heavy atom. The number of hydrogen-bond donors (Lipinski definition) is 0. The van der Waals surface area contributed by atoms with Crippen molar-refractivity contribution in [2.24, 2.45) is 0 Å². The number of nitrogens with zero attached hydrogens (tertiary/aromatic N) is 2. The Kier molecular flexibility index (Phi) is 6.83. The van der Waals surface area contributed by atoms with Crippen molar-refractivity contribution in [3.05, 3.63) is 48.0 Å². The van der Waals surface area contributed by atoms with Crippen LogP contribution < -0.4 is 4.90 Å². The first-order chi connectivity index (χ1) is 16.0. The van der Waals surface area contributed by atoms with Crippen LogP contribution in [0.2, 0.25) is 0 Å². The van der Waals surface area contributed by atoms with Crippen molar-refractivity contribution >= 4 is 52.3 Å². The van der Waals surface area contributed by atoms with Gasteiger partial charge in [0.15, 0.2) is 24.8 Å². The van der Waals surface area contributed by atoms with Gasteiger partial charge in [-0.3, -0.25) is 9.69 Å². The third kappa shape index (κ3) is 5.02. The van der Waals surface area contributed by atoms with Crippen molar-refractivity contribution in [1.82, 2.24) is 4.98 Å². The van der Waals surface area contributed by atoms with Crippen LogP contribution in [0.15, 0.2) is 52.3 Å². The molecule has 0 aliphatic carbocycles. The van der Waals surface area contributed by atoms with Crippen LogP contribution in [0.25, 0.3) is 10.2 Å². The van der Waals surface area contributed by atoms with Crippen molar-refractivity contribution in [1.29, 1.82) is 0 Å². The minimum Gasteiger partial charge on any atom is -0.376 e. The fourth-order valence-corrected chi connectivity index (χ4v) is 6.49. The topological polar surface area (TPSA) is 111 Å². The first-order valence-electron chi connectivity index (χ1n) is 10.8. The van der Waals surface area contributed by atoms with E-state index in [0.29, 0.717) is 34.1 Å². The van der Waals surface area contributed by atoms with E-state index in [1.807, 2.05) is 0 Å². The molecule has 34 heavy (non-hydrogen) atoms. The van der Waals surface area contributed by atoms with Crippen LogP contribution in [-0.4, -0.2) is 58.5 Å². The van der Waals surface area contributed by atoms with E-state index in [0.717, 1.165) is 19.1 Å². The highest BCUT2D eigenvalue weighted by molar-refractivity contribution is 7.92. The lowest BCUT2D eigenvalue weighted by Crippen LogP contribution is -2.37. The molecular weight excluding hydrogens is 496 g/mol. The number of hydrogen-bond acceptors (Lipinski definition) is 8.